The number of hydrogen-bond acceptors (Lipinski definition) is 2. The summed E-state index contributed by atoms with van der Waals surface area (Å²) in [5.41, 5.74) is 8.31. The number of nitrogens with two attached hydrogens (primary N) is 1. The third kappa shape index (κ3) is 3.65. The Balaban J connectivity index is 2.11. The van der Waals surface area contributed by atoms with Gasteiger partial charge < -0.3 is 11.1 Å². The Labute approximate surface area is 127 Å². The second kappa shape index (κ2) is 6.32. The number of aryl methyl sites for hydroxylation is 1. The molecule has 21 heavy (non-hydrogen) atoms. The Morgan fingerprint density at radius 3 is 2.81 bits per heavy atom. The molecule has 0 radical (unpaired) electrons. The van der Waals surface area contributed by atoms with Crippen molar-refractivity contribution in [3.63, 3.8) is 0 Å². The summed E-state index contributed by atoms with van der Waals surface area (Å²) in [6, 6.07) is 5.83. The Hall–Kier alpha value is -1.79. The lowest BCUT2D eigenvalue weighted by Gasteiger charge is -2.26. The van der Waals surface area contributed by atoms with Crippen LogP contribution in [0.2, 0.25) is 0 Å². The topological polar surface area (TPSA) is 55.1 Å². The van der Waals surface area contributed by atoms with Crippen molar-refractivity contribution in [3.8, 4) is 11.8 Å². The van der Waals surface area contributed by atoms with Crippen molar-refractivity contribution in [3.05, 3.63) is 29.3 Å². The molecule has 0 aromatic heterocycles. The number of benzene rings is 1. The van der Waals surface area contributed by atoms with Crippen LogP contribution in [-0.2, 0) is 4.79 Å². The van der Waals surface area contributed by atoms with Crippen LogP contribution in [0.4, 0.5) is 5.69 Å². The zero-order valence-electron chi connectivity index (χ0n) is 13.1. The van der Waals surface area contributed by atoms with E-state index in [0.717, 1.165) is 36.1 Å². The molecule has 0 saturated heterocycles. The molecule has 2 rings (SSSR count). The maximum Gasteiger partial charge on any atom is 0.228 e. The van der Waals surface area contributed by atoms with Crippen LogP contribution in [0.5, 0.6) is 0 Å². The Kier molecular flexibility index (Phi) is 4.69. The van der Waals surface area contributed by atoms with E-state index in [1.165, 1.54) is 0 Å². The van der Waals surface area contributed by atoms with Gasteiger partial charge in [-0.25, -0.2) is 0 Å². The van der Waals surface area contributed by atoms with Crippen molar-refractivity contribution in [2.24, 2.45) is 17.1 Å². The van der Waals surface area contributed by atoms with Crippen LogP contribution in [0.25, 0.3) is 0 Å². The molecular weight excluding hydrogens is 260 g/mol. The molecule has 0 heterocycles. The van der Waals surface area contributed by atoms with Gasteiger partial charge in [0, 0.05) is 17.2 Å². The molecule has 1 unspecified atom stereocenters. The quantitative estimate of drug-likeness (QED) is 0.820. The molecule has 0 aliphatic heterocycles. The van der Waals surface area contributed by atoms with Gasteiger partial charge in [-0.05, 0) is 48.9 Å². The Morgan fingerprint density at radius 2 is 2.24 bits per heavy atom. The van der Waals surface area contributed by atoms with Crippen molar-refractivity contribution in [2.75, 3.05) is 11.9 Å². The monoisotopic (exact) mass is 284 g/mol. The van der Waals surface area contributed by atoms with E-state index in [4.69, 9.17) is 5.73 Å². The summed E-state index contributed by atoms with van der Waals surface area (Å²) in [6.45, 7) is 6.71. The molecule has 1 atom stereocenters. The van der Waals surface area contributed by atoms with E-state index in [2.05, 4.69) is 31.0 Å². The zero-order chi connectivity index (χ0) is 15.5. The van der Waals surface area contributed by atoms with Crippen molar-refractivity contribution in [1.82, 2.24) is 0 Å². The highest BCUT2D eigenvalue weighted by atomic mass is 16.1. The lowest BCUT2D eigenvalue weighted by molar-refractivity contribution is -0.122. The van der Waals surface area contributed by atoms with Crippen molar-refractivity contribution >= 4 is 11.6 Å². The lowest BCUT2D eigenvalue weighted by Crippen LogP contribution is -2.31. The third-order valence-corrected chi connectivity index (χ3v) is 4.39. The average Bonchev–Trinajstić information content (AvgIpc) is 2.78. The van der Waals surface area contributed by atoms with Gasteiger partial charge in [-0.2, -0.15) is 0 Å². The van der Waals surface area contributed by atoms with Crippen LogP contribution < -0.4 is 11.1 Å². The molecule has 1 aromatic rings. The molecular formula is C18H24N2O. The van der Waals surface area contributed by atoms with Gasteiger partial charge in [0.05, 0.1) is 6.54 Å². The first-order valence-electron chi connectivity index (χ1n) is 7.54. The van der Waals surface area contributed by atoms with E-state index >= 15 is 0 Å². The van der Waals surface area contributed by atoms with Gasteiger partial charge in [0.2, 0.25) is 5.91 Å². The number of carbonyl (C=O) groups excluding carboxylic acids is 1. The fraction of sp³-hybridized carbons (Fsp3) is 0.500. The third-order valence-electron chi connectivity index (χ3n) is 4.39. The van der Waals surface area contributed by atoms with Gasteiger partial charge >= 0.3 is 0 Å². The molecule has 3 heteroatoms. The zero-order valence-corrected chi connectivity index (χ0v) is 13.1. The summed E-state index contributed by atoms with van der Waals surface area (Å²) < 4.78 is 0. The molecule has 3 N–H and O–H groups in total. The molecule has 1 fully saturated rings. The molecule has 1 saturated carbocycles. The number of nitrogens with one attached hydrogen (secondary N) is 1. The molecule has 112 valence electrons. The van der Waals surface area contributed by atoms with Gasteiger partial charge in [-0.15, -0.1) is 0 Å². The van der Waals surface area contributed by atoms with Gasteiger partial charge in [-0.3, -0.25) is 4.79 Å². The molecule has 1 amide bonds. The predicted octanol–water partition coefficient (Wildman–Crippen LogP) is 3.07. The van der Waals surface area contributed by atoms with Crippen LogP contribution in [0.15, 0.2) is 18.2 Å². The average molecular weight is 284 g/mol. The smallest absolute Gasteiger partial charge is 0.228 e. The lowest BCUT2D eigenvalue weighted by atomic mass is 9.81. The van der Waals surface area contributed by atoms with E-state index in [1.54, 1.807) is 0 Å². The van der Waals surface area contributed by atoms with Gasteiger partial charge in [0.25, 0.3) is 0 Å². The predicted molar refractivity (Wildman–Crippen MR) is 86.9 cm³/mol. The molecule has 1 aromatic carbocycles. The molecule has 1 aliphatic carbocycles. The Morgan fingerprint density at radius 1 is 1.48 bits per heavy atom. The minimum atomic E-state index is 0.102. The first kappa shape index (κ1) is 15.6. The molecule has 0 spiro atoms. The number of amides is 1. The normalized spacial score (nSPS) is 19.7. The van der Waals surface area contributed by atoms with Crippen LogP contribution in [0.3, 0.4) is 0 Å². The highest BCUT2D eigenvalue weighted by molar-refractivity contribution is 5.94. The summed E-state index contributed by atoms with van der Waals surface area (Å²) in [6.07, 6.45) is 3.24. The summed E-state index contributed by atoms with van der Waals surface area (Å²) in [5.74, 6) is 6.09. The fourth-order valence-electron chi connectivity index (χ4n) is 3.07. The van der Waals surface area contributed by atoms with Crippen LogP contribution in [0, 0.1) is 30.1 Å². The number of anilines is 1. The van der Waals surface area contributed by atoms with Gasteiger partial charge in [-0.1, -0.05) is 32.1 Å². The fourth-order valence-corrected chi connectivity index (χ4v) is 3.07. The summed E-state index contributed by atoms with van der Waals surface area (Å²) >= 11 is 0. The highest BCUT2D eigenvalue weighted by Crippen LogP contribution is 2.43. The van der Waals surface area contributed by atoms with Crippen LogP contribution >= 0.6 is 0 Å². The van der Waals surface area contributed by atoms with E-state index < -0.39 is 0 Å². The first-order chi connectivity index (χ1) is 9.94. The van der Waals surface area contributed by atoms with E-state index in [-0.39, 0.29) is 17.2 Å². The SMILES string of the molecule is Cc1cc(C#CCN)ccc1NC(=O)C1CCCC1(C)C. The van der Waals surface area contributed by atoms with Crippen molar-refractivity contribution < 1.29 is 4.79 Å². The second-order valence-corrected chi connectivity index (χ2v) is 6.46. The first-order valence-corrected chi connectivity index (χ1v) is 7.54. The van der Waals surface area contributed by atoms with Gasteiger partial charge in [0.1, 0.15) is 0 Å². The van der Waals surface area contributed by atoms with Gasteiger partial charge in [0.15, 0.2) is 0 Å². The molecule has 1 aliphatic rings. The number of carbonyl (C=O) groups is 1. The van der Waals surface area contributed by atoms with Crippen LogP contribution in [-0.4, -0.2) is 12.5 Å². The minimum absolute atomic E-state index is 0.102. The maximum atomic E-state index is 12.5. The summed E-state index contributed by atoms with van der Waals surface area (Å²) in [7, 11) is 0. The van der Waals surface area contributed by atoms with Crippen molar-refractivity contribution in [2.45, 2.75) is 40.0 Å². The number of rotatable bonds is 2. The van der Waals surface area contributed by atoms with Crippen LogP contribution in [0.1, 0.15) is 44.2 Å². The molecule has 0 bridgehead atoms. The summed E-state index contributed by atoms with van der Waals surface area (Å²) in [4.78, 5) is 12.5. The maximum absolute atomic E-state index is 12.5. The Bertz CT molecular complexity index is 593. The molecule has 3 nitrogen and oxygen atoms in total. The number of hydrogen-bond donors (Lipinski definition) is 2. The largest absolute Gasteiger partial charge is 0.326 e. The van der Waals surface area contributed by atoms with E-state index in [9.17, 15) is 4.79 Å². The highest BCUT2D eigenvalue weighted by Gasteiger charge is 2.39. The van der Waals surface area contributed by atoms with Crippen molar-refractivity contribution in [1.29, 1.82) is 0 Å². The minimum Gasteiger partial charge on any atom is -0.326 e. The second-order valence-electron chi connectivity index (χ2n) is 6.46. The summed E-state index contributed by atoms with van der Waals surface area (Å²) in [5, 5.41) is 3.08. The van der Waals surface area contributed by atoms with E-state index in [0.29, 0.717) is 6.54 Å². The standard InChI is InChI=1S/C18H24N2O/c1-13-12-14(6-5-11-19)8-9-16(13)20-17(21)15-7-4-10-18(15,2)3/h8-9,12,15H,4,7,10-11,19H2,1-3H3,(H,20,21). The van der Waals surface area contributed by atoms with E-state index in [1.807, 2.05) is 25.1 Å².